The Morgan fingerprint density at radius 1 is 0.262 bits per heavy atom. The predicted molar refractivity (Wildman–Crippen MR) is 251 cm³/mol. The summed E-state index contributed by atoms with van der Waals surface area (Å²) in [6, 6.07) is 76.2. The van der Waals surface area contributed by atoms with Crippen molar-refractivity contribution < 1.29 is 0 Å². The summed E-state index contributed by atoms with van der Waals surface area (Å²) in [5, 5.41) is 2.46. The molecule has 1 spiro atoms. The highest BCUT2D eigenvalue weighted by Crippen LogP contribution is 2.59. The van der Waals surface area contributed by atoms with E-state index in [0.29, 0.717) is 17.5 Å². The van der Waals surface area contributed by atoms with E-state index in [1.165, 1.54) is 49.7 Å². The van der Waals surface area contributed by atoms with Crippen molar-refractivity contribution in [2.24, 2.45) is 0 Å². The molecule has 0 aliphatic heterocycles. The van der Waals surface area contributed by atoms with Crippen molar-refractivity contribution in [3.05, 3.63) is 246 Å². The topological polar surface area (TPSA) is 38.7 Å². The summed E-state index contributed by atoms with van der Waals surface area (Å²) < 4.78 is 0. The lowest BCUT2D eigenvalue weighted by Crippen LogP contribution is -2.30. The average Bonchev–Trinajstić information content (AvgIpc) is 3.53. The van der Waals surface area contributed by atoms with Crippen LogP contribution in [0.5, 0.6) is 0 Å². The van der Waals surface area contributed by atoms with Gasteiger partial charge in [0.25, 0.3) is 0 Å². The van der Waals surface area contributed by atoms with Gasteiger partial charge in [-0.05, 0) is 114 Å². The molecule has 1 unspecified atom stereocenters. The Bertz CT molecular complexity index is 3300. The first-order valence-electron chi connectivity index (χ1n) is 20.8. The third-order valence-corrected chi connectivity index (χ3v) is 12.5. The van der Waals surface area contributed by atoms with Crippen LogP contribution in [-0.4, -0.2) is 15.0 Å². The van der Waals surface area contributed by atoms with Crippen LogP contribution in [0.4, 0.5) is 0 Å². The van der Waals surface area contributed by atoms with Crippen molar-refractivity contribution in [2.75, 3.05) is 0 Å². The Labute approximate surface area is 355 Å². The minimum Gasteiger partial charge on any atom is -0.208 e. The highest BCUT2D eigenvalue weighted by Gasteiger charge is 2.48. The maximum atomic E-state index is 5.39. The van der Waals surface area contributed by atoms with E-state index in [2.05, 4.69) is 206 Å². The molecule has 9 aromatic carbocycles. The summed E-state index contributed by atoms with van der Waals surface area (Å²) in [4.78, 5) is 15.9. The molecule has 1 aromatic heterocycles. The van der Waals surface area contributed by atoms with Gasteiger partial charge >= 0.3 is 0 Å². The summed E-state index contributed by atoms with van der Waals surface area (Å²) in [7, 11) is 0. The molecule has 0 saturated heterocycles. The molecule has 0 amide bonds. The van der Waals surface area contributed by atoms with Crippen molar-refractivity contribution in [1.82, 2.24) is 15.0 Å². The van der Waals surface area contributed by atoms with Crippen LogP contribution in [0.1, 0.15) is 33.4 Å². The highest BCUT2D eigenvalue weighted by atomic mass is 15.0. The summed E-state index contributed by atoms with van der Waals surface area (Å²) in [6.45, 7) is 0. The van der Waals surface area contributed by atoms with Gasteiger partial charge in [-0.15, -0.1) is 0 Å². The van der Waals surface area contributed by atoms with Crippen LogP contribution in [0.3, 0.4) is 0 Å². The lowest BCUT2D eigenvalue weighted by Gasteiger charge is -2.35. The number of fused-ring (bicyclic) bond motifs is 10. The van der Waals surface area contributed by atoms with E-state index in [1.807, 2.05) is 18.2 Å². The van der Waals surface area contributed by atoms with E-state index in [4.69, 9.17) is 15.0 Å². The zero-order valence-corrected chi connectivity index (χ0v) is 33.2. The zero-order chi connectivity index (χ0) is 40.3. The van der Waals surface area contributed by atoms with E-state index in [9.17, 15) is 0 Å². The maximum absolute atomic E-state index is 5.39. The van der Waals surface area contributed by atoms with Gasteiger partial charge < -0.3 is 0 Å². The maximum Gasteiger partial charge on any atom is 0.164 e. The molecule has 1 atom stereocenters. The van der Waals surface area contributed by atoms with Crippen molar-refractivity contribution >= 4 is 22.9 Å². The number of nitrogens with zero attached hydrogens (tertiary/aromatic N) is 3. The minimum absolute atomic E-state index is 0.603. The number of aromatic nitrogens is 3. The Balaban J connectivity index is 1.12. The molecule has 0 bridgehead atoms. The molecule has 2 aliphatic rings. The van der Waals surface area contributed by atoms with E-state index in [1.54, 1.807) is 0 Å². The van der Waals surface area contributed by atoms with Crippen LogP contribution < -0.4 is 0 Å². The Hall–Kier alpha value is -8.01. The molecule has 3 nitrogen and oxygen atoms in total. The summed E-state index contributed by atoms with van der Waals surface area (Å²) in [5.74, 6) is 1.88. The van der Waals surface area contributed by atoms with Crippen molar-refractivity contribution in [3.63, 3.8) is 0 Å². The number of rotatable bonds is 5. The predicted octanol–water partition coefficient (Wildman–Crippen LogP) is 14.2. The van der Waals surface area contributed by atoms with E-state index in [-0.39, 0.29) is 0 Å². The lowest BCUT2D eigenvalue weighted by molar-refractivity contribution is 0.767. The lowest BCUT2D eigenvalue weighted by atomic mass is 9.65. The highest BCUT2D eigenvalue weighted by molar-refractivity contribution is 5.98. The van der Waals surface area contributed by atoms with Crippen LogP contribution in [0.2, 0.25) is 0 Å². The normalized spacial score (nSPS) is 14.6. The molecule has 2 aliphatic carbocycles. The monoisotopic (exact) mass is 775 g/mol. The van der Waals surface area contributed by atoms with E-state index in [0.717, 1.165) is 44.5 Å². The van der Waals surface area contributed by atoms with Gasteiger partial charge in [-0.1, -0.05) is 188 Å². The molecular weight excluding hydrogens is 739 g/mol. The van der Waals surface area contributed by atoms with Crippen molar-refractivity contribution in [1.29, 1.82) is 0 Å². The minimum atomic E-state index is -0.603. The standard InChI is InChI=1S/C58H37N3/c1-4-16-38(17-5-1)46-32-47(39-18-6-2-7-19-39)34-48(33-46)57-60-55(42-21-8-3-9-22-42)59-56(61-57)45-31-30-41-29-28-40-20-12-14-26-51(40)58(53(41)37-45)52-27-15-13-25-49(52)50-35-43-23-10-11-24-44(43)36-54(50)58/h1-37H. The largest absolute Gasteiger partial charge is 0.208 e. The first-order chi connectivity index (χ1) is 30.2. The first kappa shape index (κ1) is 35.0. The van der Waals surface area contributed by atoms with Gasteiger partial charge in [-0.2, -0.15) is 0 Å². The van der Waals surface area contributed by atoms with Gasteiger partial charge in [0, 0.05) is 16.7 Å². The molecule has 3 heteroatoms. The fourth-order valence-corrected chi connectivity index (χ4v) is 9.72. The van der Waals surface area contributed by atoms with Gasteiger partial charge in [-0.25, -0.2) is 15.0 Å². The fraction of sp³-hybridized carbons (Fsp3) is 0.0172. The summed E-state index contributed by atoms with van der Waals surface area (Å²) in [6.07, 6.45) is 4.56. The van der Waals surface area contributed by atoms with Gasteiger partial charge in [0.15, 0.2) is 17.5 Å². The van der Waals surface area contributed by atoms with Crippen molar-refractivity contribution in [3.8, 4) is 67.5 Å². The van der Waals surface area contributed by atoms with Crippen molar-refractivity contribution in [2.45, 2.75) is 5.41 Å². The molecule has 61 heavy (non-hydrogen) atoms. The molecule has 12 rings (SSSR count). The van der Waals surface area contributed by atoms with Crippen LogP contribution in [0, 0.1) is 0 Å². The second-order valence-electron chi connectivity index (χ2n) is 16.0. The fourth-order valence-electron chi connectivity index (χ4n) is 9.72. The number of hydrogen-bond donors (Lipinski definition) is 0. The van der Waals surface area contributed by atoms with Gasteiger partial charge in [0.2, 0.25) is 0 Å². The molecule has 0 fully saturated rings. The van der Waals surface area contributed by atoms with Crippen LogP contribution in [0.25, 0.3) is 90.5 Å². The molecular formula is C58H37N3. The first-order valence-corrected chi connectivity index (χ1v) is 20.8. The van der Waals surface area contributed by atoms with Crippen LogP contribution in [0.15, 0.2) is 212 Å². The van der Waals surface area contributed by atoms with Crippen LogP contribution in [-0.2, 0) is 5.41 Å². The molecule has 0 N–H and O–H groups in total. The molecule has 284 valence electrons. The number of hydrogen-bond acceptors (Lipinski definition) is 3. The smallest absolute Gasteiger partial charge is 0.164 e. The Morgan fingerprint density at radius 2 is 0.754 bits per heavy atom. The molecule has 10 aromatic rings. The third-order valence-electron chi connectivity index (χ3n) is 12.5. The zero-order valence-electron chi connectivity index (χ0n) is 33.2. The SMILES string of the molecule is C1=Cc2ccc(-c3nc(-c4ccccc4)nc(-c4cc(-c5ccccc5)cc(-c5ccccc5)c4)n3)cc2C2(c3ccccc31)c1ccccc1-c1cc3ccccc3cc12. The van der Waals surface area contributed by atoms with Gasteiger partial charge in [0.1, 0.15) is 0 Å². The Kier molecular flexibility index (Phi) is 8.07. The second-order valence-corrected chi connectivity index (χ2v) is 16.0. The number of benzene rings is 9. The summed E-state index contributed by atoms with van der Waals surface area (Å²) in [5.41, 5.74) is 16.6. The second kappa shape index (κ2) is 14.1. The van der Waals surface area contributed by atoms with Gasteiger partial charge in [0.05, 0.1) is 5.41 Å². The Morgan fingerprint density at radius 3 is 1.43 bits per heavy atom. The molecule has 1 heterocycles. The van der Waals surface area contributed by atoms with E-state index < -0.39 is 5.41 Å². The van der Waals surface area contributed by atoms with E-state index >= 15 is 0 Å². The quantitative estimate of drug-likeness (QED) is 0.175. The average molecular weight is 776 g/mol. The molecule has 0 radical (unpaired) electrons. The summed E-state index contributed by atoms with van der Waals surface area (Å²) >= 11 is 0. The molecule has 0 saturated carbocycles. The van der Waals surface area contributed by atoms with Crippen LogP contribution >= 0.6 is 0 Å². The van der Waals surface area contributed by atoms with Gasteiger partial charge in [-0.3, -0.25) is 0 Å². The third kappa shape index (κ3) is 5.70.